The molecule has 0 unspecified atom stereocenters. The van der Waals surface area contributed by atoms with E-state index >= 15 is 0 Å². The molecule has 0 spiro atoms. The molecule has 0 bridgehead atoms. The number of carbonyl (C=O) groups is 1. The van der Waals surface area contributed by atoms with Crippen LogP contribution in [0.25, 0.3) is 0 Å². The Kier molecular flexibility index (Phi) is 6.89. The molecule has 0 aliphatic heterocycles. The fourth-order valence-electron chi connectivity index (χ4n) is 3.62. The van der Waals surface area contributed by atoms with Gasteiger partial charge in [-0.15, -0.1) is 0 Å². The van der Waals surface area contributed by atoms with Crippen LogP contribution in [0.1, 0.15) is 27.4 Å². The molecule has 1 amide bonds. The normalized spacial score (nSPS) is 10.8. The van der Waals surface area contributed by atoms with Crippen LogP contribution in [-0.2, 0) is 6.67 Å². The third-order valence-corrected chi connectivity index (χ3v) is 5.83. The third-order valence-electron chi connectivity index (χ3n) is 5.40. The highest BCUT2D eigenvalue weighted by atomic mass is 35.5. The largest absolute Gasteiger partial charge is 0.457 e. The van der Waals surface area contributed by atoms with E-state index in [4.69, 9.17) is 16.3 Å². The first-order valence-corrected chi connectivity index (χ1v) is 11.2. The molecule has 0 aliphatic rings. The summed E-state index contributed by atoms with van der Waals surface area (Å²) in [7, 11) is 0. The average molecular weight is 526 g/mol. The molecule has 1 N–H and O–H groups in total. The number of hydrogen-bond acceptors (Lipinski definition) is 8. The molecule has 190 valence electrons. The number of rotatable bonds is 8. The standard InChI is InChI=1S/C23H20ClN7O6/c1-13-8-18(4-5-20(13)24)37-19-10-16(9-17(11-19)30(33)34)25-23(32)21-6-7-28(27-21)12-29-15(3)22(31(35)36)14(2)26-29/h4-11H,12H2,1-3H3,(H,25,32). The van der Waals surface area contributed by atoms with E-state index in [2.05, 4.69) is 15.5 Å². The van der Waals surface area contributed by atoms with Crippen LogP contribution in [0, 0.1) is 41.0 Å². The molecular formula is C23H20ClN7O6. The topological polar surface area (TPSA) is 160 Å². The number of hydrogen-bond donors (Lipinski definition) is 1. The van der Waals surface area contributed by atoms with Gasteiger partial charge in [0.25, 0.3) is 11.6 Å². The summed E-state index contributed by atoms with van der Waals surface area (Å²) in [6.45, 7) is 4.95. The number of nitrogens with one attached hydrogen (secondary N) is 1. The Hall–Kier alpha value is -4.78. The number of aromatic nitrogens is 4. The Bertz CT molecular complexity index is 1540. The number of carbonyl (C=O) groups excluding carboxylic acids is 1. The van der Waals surface area contributed by atoms with Crippen molar-refractivity contribution in [1.82, 2.24) is 19.6 Å². The molecular weight excluding hydrogens is 506 g/mol. The summed E-state index contributed by atoms with van der Waals surface area (Å²) in [5.74, 6) is -0.0578. The minimum atomic E-state index is -0.619. The van der Waals surface area contributed by atoms with Crippen LogP contribution in [0.15, 0.2) is 48.7 Å². The predicted molar refractivity (Wildman–Crippen MR) is 133 cm³/mol. The van der Waals surface area contributed by atoms with Gasteiger partial charge in [0.15, 0.2) is 5.69 Å². The quantitative estimate of drug-likeness (QED) is 0.247. The van der Waals surface area contributed by atoms with Gasteiger partial charge in [-0.2, -0.15) is 10.2 Å². The number of benzene rings is 2. The predicted octanol–water partition coefficient (Wildman–Crippen LogP) is 5.03. The molecule has 4 aromatic rings. The van der Waals surface area contributed by atoms with E-state index in [-0.39, 0.29) is 40.9 Å². The van der Waals surface area contributed by atoms with Crippen molar-refractivity contribution in [3.05, 3.63) is 96.6 Å². The summed E-state index contributed by atoms with van der Waals surface area (Å²) < 4.78 is 8.55. The van der Waals surface area contributed by atoms with Crippen LogP contribution >= 0.6 is 11.6 Å². The van der Waals surface area contributed by atoms with Crippen molar-refractivity contribution in [2.45, 2.75) is 27.4 Å². The highest BCUT2D eigenvalue weighted by Crippen LogP contribution is 2.31. The van der Waals surface area contributed by atoms with Crippen molar-refractivity contribution in [2.24, 2.45) is 0 Å². The summed E-state index contributed by atoms with van der Waals surface area (Å²) in [4.78, 5) is 34.4. The highest BCUT2D eigenvalue weighted by molar-refractivity contribution is 6.31. The molecule has 14 heteroatoms. The van der Waals surface area contributed by atoms with Crippen LogP contribution in [0.4, 0.5) is 17.1 Å². The minimum absolute atomic E-state index is 0.0262. The summed E-state index contributed by atoms with van der Waals surface area (Å²) in [5.41, 5.74) is 1.18. The van der Waals surface area contributed by atoms with Gasteiger partial charge in [0.05, 0.1) is 21.6 Å². The SMILES string of the molecule is Cc1cc(Oc2cc(NC(=O)c3ccn(Cn4nc(C)c([N+](=O)[O-])c4C)n3)cc([N+](=O)[O-])c2)ccc1Cl. The molecule has 4 rings (SSSR count). The number of anilines is 1. The summed E-state index contributed by atoms with van der Waals surface area (Å²) >= 11 is 6.03. The van der Waals surface area contributed by atoms with Crippen LogP contribution in [0.5, 0.6) is 11.5 Å². The Balaban J connectivity index is 1.53. The van der Waals surface area contributed by atoms with Crippen LogP contribution in [0.2, 0.25) is 5.02 Å². The maximum absolute atomic E-state index is 12.8. The maximum atomic E-state index is 12.8. The highest BCUT2D eigenvalue weighted by Gasteiger charge is 2.22. The Morgan fingerprint density at radius 3 is 2.43 bits per heavy atom. The maximum Gasteiger partial charge on any atom is 0.312 e. The fourth-order valence-corrected chi connectivity index (χ4v) is 3.74. The zero-order chi connectivity index (χ0) is 26.9. The number of nitro groups is 2. The van der Waals surface area contributed by atoms with E-state index in [0.29, 0.717) is 16.5 Å². The average Bonchev–Trinajstić information content (AvgIpc) is 3.40. The van der Waals surface area contributed by atoms with Crippen molar-refractivity contribution in [3.63, 3.8) is 0 Å². The molecule has 0 atom stereocenters. The Morgan fingerprint density at radius 2 is 1.78 bits per heavy atom. The van der Waals surface area contributed by atoms with Gasteiger partial charge in [0.2, 0.25) is 0 Å². The minimum Gasteiger partial charge on any atom is -0.457 e. The van der Waals surface area contributed by atoms with E-state index in [0.717, 1.165) is 5.56 Å². The third kappa shape index (κ3) is 5.56. The lowest BCUT2D eigenvalue weighted by molar-refractivity contribution is -0.386. The lowest BCUT2D eigenvalue weighted by Gasteiger charge is -2.10. The van der Waals surface area contributed by atoms with Gasteiger partial charge in [0, 0.05) is 23.4 Å². The first kappa shape index (κ1) is 25.3. The summed E-state index contributed by atoms with van der Waals surface area (Å²) in [5, 5.41) is 34.1. The molecule has 0 aliphatic carbocycles. The molecule has 0 fully saturated rings. The number of halogens is 1. The number of nitrogens with zero attached hydrogens (tertiary/aromatic N) is 6. The van der Waals surface area contributed by atoms with Gasteiger partial charge in [-0.25, -0.2) is 4.68 Å². The van der Waals surface area contributed by atoms with Crippen molar-refractivity contribution in [1.29, 1.82) is 0 Å². The number of amides is 1. The first-order valence-electron chi connectivity index (χ1n) is 10.8. The smallest absolute Gasteiger partial charge is 0.312 e. The number of ether oxygens (including phenoxy) is 1. The lowest BCUT2D eigenvalue weighted by atomic mass is 10.2. The van der Waals surface area contributed by atoms with Gasteiger partial charge in [-0.05, 0) is 50.6 Å². The van der Waals surface area contributed by atoms with Gasteiger partial charge < -0.3 is 10.1 Å². The van der Waals surface area contributed by atoms with E-state index in [9.17, 15) is 25.0 Å². The second-order valence-corrected chi connectivity index (χ2v) is 8.51. The molecule has 0 saturated heterocycles. The zero-order valence-electron chi connectivity index (χ0n) is 19.8. The second kappa shape index (κ2) is 10.1. The van der Waals surface area contributed by atoms with Crippen LogP contribution in [-0.4, -0.2) is 35.3 Å². The van der Waals surface area contributed by atoms with E-state index in [1.165, 1.54) is 46.7 Å². The molecule has 13 nitrogen and oxygen atoms in total. The monoisotopic (exact) mass is 525 g/mol. The van der Waals surface area contributed by atoms with Crippen molar-refractivity contribution in [2.75, 3.05) is 5.32 Å². The van der Waals surface area contributed by atoms with Gasteiger partial charge in [-0.1, -0.05) is 11.6 Å². The second-order valence-electron chi connectivity index (χ2n) is 8.10. The van der Waals surface area contributed by atoms with E-state index in [1.54, 1.807) is 32.0 Å². The lowest BCUT2D eigenvalue weighted by Crippen LogP contribution is -2.16. The number of nitro benzene ring substituents is 1. The molecule has 37 heavy (non-hydrogen) atoms. The van der Waals surface area contributed by atoms with Crippen LogP contribution < -0.4 is 10.1 Å². The van der Waals surface area contributed by atoms with Gasteiger partial charge in [0.1, 0.15) is 29.6 Å². The van der Waals surface area contributed by atoms with Crippen LogP contribution in [0.3, 0.4) is 0 Å². The van der Waals surface area contributed by atoms with Crippen molar-refractivity contribution < 1.29 is 19.4 Å². The zero-order valence-corrected chi connectivity index (χ0v) is 20.6. The summed E-state index contributed by atoms with van der Waals surface area (Å²) in [6, 6.07) is 10.3. The number of aryl methyl sites for hydroxylation is 2. The van der Waals surface area contributed by atoms with E-state index < -0.39 is 15.8 Å². The van der Waals surface area contributed by atoms with Crippen molar-refractivity contribution >= 4 is 34.6 Å². The van der Waals surface area contributed by atoms with Crippen molar-refractivity contribution in [3.8, 4) is 11.5 Å². The molecule has 0 radical (unpaired) electrons. The van der Waals surface area contributed by atoms with Gasteiger partial charge in [-0.3, -0.25) is 29.7 Å². The van der Waals surface area contributed by atoms with Gasteiger partial charge >= 0.3 is 5.69 Å². The molecule has 2 aromatic heterocycles. The Morgan fingerprint density at radius 1 is 1.03 bits per heavy atom. The fraction of sp³-hybridized carbons (Fsp3) is 0.174. The first-order chi connectivity index (χ1) is 17.5. The number of non-ortho nitro benzene ring substituents is 1. The molecule has 0 saturated carbocycles. The van der Waals surface area contributed by atoms with E-state index in [1.807, 2.05) is 0 Å². The molecule has 2 aromatic carbocycles. The molecule has 2 heterocycles. The summed E-state index contributed by atoms with van der Waals surface area (Å²) in [6.07, 6.45) is 1.52. The Labute approximate surface area is 214 Å².